The van der Waals surface area contributed by atoms with E-state index >= 15 is 0 Å². The Morgan fingerprint density at radius 3 is 2.06 bits per heavy atom. The van der Waals surface area contributed by atoms with Crippen molar-refractivity contribution in [2.75, 3.05) is 19.6 Å². The first-order valence-corrected chi connectivity index (χ1v) is 8.05. The maximum absolute atomic E-state index is 3.87. The maximum Gasteiger partial charge on any atom is 0.00940 e. The lowest BCUT2D eigenvalue weighted by molar-refractivity contribution is 0.168. The molecule has 0 aromatic heterocycles. The summed E-state index contributed by atoms with van der Waals surface area (Å²) in [5.41, 5.74) is 0. The smallest absolute Gasteiger partial charge is 0.00940 e. The lowest BCUT2D eigenvalue weighted by atomic mass is 9.93. The molecule has 1 N–H and O–H groups in total. The quantitative estimate of drug-likeness (QED) is 0.748. The number of hydrogen-bond donors (Lipinski definition) is 1. The summed E-state index contributed by atoms with van der Waals surface area (Å²) in [6.07, 6.45) is 5.27. The number of nitrogens with one attached hydrogen (secondary N) is 1. The van der Waals surface area contributed by atoms with Crippen molar-refractivity contribution in [1.82, 2.24) is 10.2 Å². The minimum Gasteiger partial charge on any atom is -0.311 e. The van der Waals surface area contributed by atoms with E-state index in [-0.39, 0.29) is 0 Å². The van der Waals surface area contributed by atoms with Gasteiger partial charge >= 0.3 is 0 Å². The summed E-state index contributed by atoms with van der Waals surface area (Å²) in [7, 11) is 0. The van der Waals surface area contributed by atoms with Crippen LogP contribution in [0.15, 0.2) is 0 Å². The first-order valence-electron chi connectivity index (χ1n) is 8.05. The molecule has 0 saturated carbocycles. The average Bonchev–Trinajstić information content (AvgIpc) is 2.32. The summed E-state index contributed by atoms with van der Waals surface area (Å²) >= 11 is 0. The van der Waals surface area contributed by atoms with Crippen LogP contribution < -0.4 is 5.32 Å². The average molecular weight is 254 g/mol. The van der Waals surface area contributed by atoms with Crippen molar-refractivity contribution in [1.29, 1.82) is 0 Å². The van der Waals surface area contributed by atoms with Crippen LogP contribution in [0.4, 0.5) is 0 Å². The van der Waals surface area contributed by atoms with E-state index in [0.717, 1.165) is 17.9 Å². The van der Waals surface area contributed by atoms with Crippen LogP contribution in [0.5, 0.6) is 0 Å². The van der Waals surface area contributed by atoms with E-state index in [1.807, 2.05) is 0 Å². The van der Waals surface area contributed by atoms with Gasteiger partial charge in [-0.05, 0) is 44.7 Å². The normalized spacial score (nSPS) is 20.8. The molecule has 2 heteroatoms. The predicted octanol–water partition coefficient (Wildman–Crippen LogP) is 3.52. The maximum atomic E-state index is 3.87. The van der Waals surface area contributed by atoms with E-state index in [4.69, 9.17) is 0 Å². The molecule has 0 aromatic rings. The molecule has 1 rings (SSSR count). The van der Waals surface area contributed by atoms with Gasteiger partial charge in [-0.2, -0.15) is 0 Å². The van der Waals surface area contributed by atoms with E-state index in [9.17, 15) is 0 Å². The van der Waals surface area contributed by atoms with Crippen LogP contribution in [-0.4, -0.2) is 36.6 Å². The van der Waals surface area contributed by atoms with Gasteiger partial charge < -0.3 is 10.2 Å². The van der Waals surface area contributed by atoms with Crippen LogP contribution in [0.2, 0.25) is 0 Å². The molecule has 0 aromatic carbocycles. The summed E-state index contributed by atoms with van der Waals surface area (Å²) in [5.74, 6) is 1.65. The summed E-state index contributed by atoms with van der Waals surface area (Å²) in [6.45, 7) is 15.5. The zero-order valence-electron chi connectivity index (χ0n) is 13.2. The highest BCUT2D eigenvalue weighted by molar-refractivity contribution is 4.81. The van der Waals surface area contributed by atoms with Gasteiger partial charge in [-0.3, -0.25) is 0 Å². The molecular formula is C16H34N2. The molecule has 1 fully saturated rings. The highest BCUT2D eigenvalue weighted by Crippen LogP contribution is 2.17. The summed E-state index contributed by atoms with van der Waals surface area (Å²) in [4.78, 5) is 2.63. The highest BCUT2D eigenvalue weighted by atomic mass is 15.1. The van der Waals surface area contributed by atoms with Gasteiger partial charge in [-0.15, -0.1) is 0 Å². The largest absolute Gasteiger partial charge is 0.311 e. The molecule has 1 atom stereocenters. The molecule has 18 heavy (non-hydrogen) atoms. The molecule has 1 heterocycles. The van der Waals surface area contributed by atoms with E-state index < -0.39 is 0 Å². The van der Waals surface area contributed by atoms with Gasteiger partial charge in [0.15, 0.2) is 0 Å². The third-order valence-corrected chi connectivity index (χ3v) is 4.47. The minimum absolute atomic E-state index is 0.682. The third kappa shape index (κ3) is 5.27. The second-order valence-electron chi connectivity index (χ2n) is 6.50. The molecule has 0 radical (unpaired) electrons. The summed E-state index contributed by atoms with van der Waals surface area (Å²) in [5, 5.41) is 3.87. The monoisotopic (exact) mass is 254 g/mol. The Bertz CT molecular complexity index is 203. The Morgan fingerprint density at radius 1 is 1.06 bits per heavy atom. The van der Waals surface area contributed by atoms with E-state index in [1.165, 1.54) is 45.3 Å². The first kappa shape index (κ1) is 16.0. The van der Waals surface area contributed by atoms with Crippen LogP contribution in [0.3, 0.4) is 0 Å². The fraction of sp³-hybridized carbons (Fsp3) is 1.00. The molecule has 1 aliphatic rings. The van der Waals surface area contributed by atoms with Crippen LogP contribution >= 0.6 is 0 Å². The van der Waals surface area contributed by atoms with Crippen LogP contribution in [0.1, 0.15) is 60.3 Å². The standard InChI is InChI=1S/C16H34N2/c1-6-15(7-2)14(5)17-16-8-10-18(11-9-16)12-13(3)4/h13-17H,6-12H2,1-5H3. The van der Waals surface area contributed by atoms with Crippen molar-refractivity contribution in [3.05, 3.63) is 0 Å². The molecule has 0 aliphatic carbocycles. The summed E-state index contributed by atoms with van der Waals surface area (Å²) in [6, 6.07) is 1.44. The lowest BCUT2D eigenvalue weighted by Crippen LogP contribution is -2.47. The zero-order chi connectivity index (χ0) is 13.5. The van der Waals surface area contributed by atoms with Gasteiger partial charge in [0, 0.05) is 18.6 Å². The fourth-order valence-corrected chi connectivity index (χ4v) is 3.30. The number of piperidine rings is 1. The number of nitrogens with zero attached hydrogens (tertiary/aromatic N) is 1. The Morgan fingerprint density at radius 2 is 1.61 bits per heavy atom. The van der Waals surface area contributed by atoms with E-state index in [2.05, 4.69) is 44.8 Å². The van der Waals surface area contributed by atoms with E-state index in [1.54, 1.807) is 0 Å². The molecule has 0 amide bonds. The molecule has 108 valence electrons. The van der Waals surface area contributed by atoms with Gasteiger partial charge in [0.1, 0.15) is 0 Å². The van der Waals surface area contributed by atoms with Crippen molar-refractivity contribution in [3.8, 4) is 0 Å². The number of likely N-dealkylation sites (tertiary alicyclic amines) is 1. The van der Waals surface area contributed by atoms with Gasteiger partial charge in [-0.1, -0.05) is 40.5 Å². The van der Waals surface area contributed by atoms with Crippen LogP contribution in [0.25, 0.3) is 0 Å². The summed E-state index contributed by atoms with van der Waals surface area (Å²) < 4.78 is 0. The van der Waals surface area contributed by atoms with Crippen LogP contribution in [0, 0.1) is 11.8 Å². The predicted molar refractivity (Wildman–Crippen MR) is 81.0 cm³/mol. The topological polar surface area (TPSA) is 15.3 Å². The van der Waals surface area contributed by atoms with Gasteiger partial charge in [0.2, 0.25) is 0 Å². The van der Waals surface area contributed by atoms with Crippen molar-refractivity contribution >= 4 is 0 Å². The number of hydrogen-bond acceptors (Lipinski definition) is 2. The SMILES string of the molecule is CCC(CC)C(C)NC1CCN(CC(C)C)CC1. The van der Waals surface area contributed by atoms with Gasteiger partial charge in [0.05, 0.1) is 0 Å². The third-order valence-electron chi connectivity index (χ3n) is 4.47. The van der Waals surface area contributed by atoms with Crippen molar-refractivity contribution in [2.24, 2.45) is 11.8 Å². The minimum atomic E-state index is 0.682. The molecule has 0 bridgehead atoms. The number of rotatable bonds is 7. The van der Waals surface area contributed by atoms with Crippen molar-refractivity contribution in [3.63, 3.8) is 0 Å². The molecule has 1 saturated heterocycles. The molecular weight excluding hydrogens is 220 g/mol. The van der Waals surface area contributed by atoms with Gasteiger partial charge in [0.25, 0.3) is 0 Å². The van der Waals surface area contributed by atoms with Crippen LogP contribution in [-0.2, 0) is 0 Å². The Balaban J connectivity index is 2.26. The zero-order valence-corrected chi connectivity index (χ0v) is 13.2. The Kier molecular flexibility index (Phi) is 7.25. The molecule has 1 unspecified atom stereocenters. The molecule has 2 nitrogen and oxygen atoms in total. The first-order chi connectivity index (χ1) is 8.56. The molecule has 0 spiro atoms. The second-order valence-corrected chi connectivity index (χ2v) is 6.50. The second kappa shape index (κ2) is 8.16. The highest BCUT2D eigenvalue weighted by Gasteiger charge is 2.22. The fourth-order valence-electron chi connectivity index (χ4n) is 3.30. The molecule has 1 aliphatic heterocycles. The van der Waals surface area contributed by atoms with Crippen molar-refractivity contribution < 1.29 is 0 Å². The van der Waals surface area contributed by atoms with E-state index in [0.29, 0.717) is 6.04 Å². The Labute approximate surface area is 115 Å². The Hall–Kier alpha value is -0.0800. The lowest BCUT2D eigenvalue weighted by Gasteiger charge is -2.36. The van der Waals surface area contributed by atoms with Gasteiger partial charge in [-0.25, -0.2) is 0 Å². The van der Waals surface area contributed by atoms with Crippen molar-refractivity contribution in [2.45, 2.75) is 72.4 Å².